The molecule has 0 saturated carbocycles. The van der Waals surface area contributed by atoms with Crippen molar-refractivity contribution >= 4 is 17.3 Å². The Balaban J connectivity index is 3.34. The molecule has 0 fully saturated rings. The lowest BCUT2D eigenvalue weighted by atomic mass is 9.92. The summed E-state index contributed by atoms with van der Waals surface area (Å²) in [5, 5.41) is 9.21. The molecule has 0 spiro atoms. The molecule has 0 aliphatic heterocycles. The minimum atomic E-state index is -1.09. The van der Waals surface area contributed by atoms with Gasteiger partial charge in [-0.2, -0.15) is 0 Å². The SMILES string of the molecule is C[C@](N)(CO)c1cc(Cl)cc(F)c1N. The van der Waals surface area contributed by atoms with Gasteiger partial charge in [-0.3, -0.25) is 0 Å². The maximum absolute atomic E-state index is 13.2. The zero-order chi connectivity index (χ0) is 10.9. The number of benzene rings is 1. The minimum Gasteiger partial charge on any atom is -0.396 e. The molecule has 5 heteroatoms. The Morgan fingerprint density at radius 3 is 2.64 bits per heavy atom. The third kappa shape index (κ3) is 1.97. The molecule has 0 unspecified atom stereocenters. The molecule has 3 nitrogen and oxygen atoms in total. The summed E-state index contributed by atoms with van der Waals surface area (Å²) in [5.74, 6) is -0.627. The van der Waals surface area contributed by atoms with Crippen molar-refractivity contribution < 1.29 is 9.50 Å². The first kappa shape index (κ1) is 11.2. The van der Waals surface area contributed by atoms with E-state index >= 15 is 0 Å². The highest BCUT2D eigenvalue weighted by molar-refractivity contribution is 6.30. The highest BCUT2D eigenvalue weighted by Crippen LogP contribution is 2.29. The van der Waals surface area contributed by atoms with E-state index in [1.165, 1.54) is 6.07 Å². The van der Waals surface area contributed by atoms with Crippen LogP contribution in [0.4, 0.5) is 10.1 Å². The third-order valence-corrected chi connectivity index (χ3v) is 2.26. The molecule has 0 amide bonds. The summed E-state index contributed by atoms with van der Waals surface area (Å²) in [6, 6.07) is 2.56. The summed E-state index contributed by atoms with van der Waals surface area (Å²) >= 11 is 5.65. The van der Waals surface area contributed by atoms with Crippen molar-refractivity contribution in [2.45, 2.75) is 12.5 Å². The van der Waals surface area contributed by atoms with Crippen molar-refractivity contribution in [2.24, 2.45) is 5.73 Å². The summed E-state index contributed by atoms with van der Waals surface area (Å²) in [4.78, 5) is 0. The minimum absolute atomic E-state index is 0.0755. The molecule has 0 aliphatic rings. The van der Waals surface area contributed by atoms with Crippen molar-refractivity contribution in [2.75, 3.05) is 12.3 Å². The van der Waals surface area contributed by atoms with Gasteiger partial charge in [-0.1, -0.05) is 11.6 Å². The normalized spacial score (nSPS) is 15.2. The van der Waals surface area contributed by atoms with Crippen molar-refractivity contribution in [3.63, 3.8) is 0 Å². The van der Waals surface area contributed by atoms with Gasteiger partial charge in [0.05, 0.1) is 17.8 Å². The zero-order valence-electron chi connectivity index (χ0n) is 7.72. The van der Waals surface area contributed by atoms with Crippen LogP contribution in [0.5, 0.6) is 0 Å². The van der Waals surface area contributed by atoms with E-state index in [1.807, 2.05) is 0 Å². The maximum Gasteiger partial charge on any atom is 0.147 e. The molecule has 0 radical (unpaired) electrons. The number of hydrogen-bond acceptors (Lipinski definition) is 3. The second-order valence-corrected chi connectivity index (χ2v) is 3.86. The molecular weight excluding hydrogens is 207 g/mol. The molecule has 5 N–H and O–H groups in total. The van der Waals surface area contributed by atoms with Gasteiger partial charge < -0.3 is 16.6 Å². The van der Waals surface area contributed by atoms with Gasteiger partial charge in [0, 0.05) is 10.6 Å². The Hall–Kier alpha value is -0.840. The topological polar surface area (TPSA) is 72.3 Å². The number of nitrogens with two attached hydrogens (primary N) is 2. The van der Waals surface area contributed by atoms with Crippen LogP contribution in [0.15, 0.2) is 12.1 Å². The standard InChI is InChI=1S/C9H12ClFN2O/c1-9(13,4-14)6-2-5(10)3-7(11)8(6)12/h2-3,14H,4,12-13H2,1H3/t9-/m0/s1. The average Bonchev–Trinajstić information content (AvgIpc) is 2.11. The number of nitrogen functional groups attached to an aromatic ring is 1. The third-order valence-electron chi connectivity index (χ3n) is 2.04. The Kier molecular flexibility index (Phi) is 2.99. The number of anilines is 1. The molecule has 0 bridgehead atoms. The van der Waals surface area contributed by atoms with Gasteiger partial charge >= 0.3 is 0 Å². The molecule has 1 atom stereocenters. The molecule has 0 aromatic heterocycles. The number of aliphatic hydroxyl groups excluding tert-OH is 1. The molecule has 0 saturated heterocycles. The van der Waals surface area contributed by atoms with Crippen LogP contribution in [0.3, 0.4) is 0 Å². The molecule has 14 heavy (non-hydrogen) atoms. The van der Waals surface area contributed by atoms with E-state index in [0.717, 1.165) is 6.07 Å². The fourth-order valence-corrected chi connectivity index (χ4v) is 1.35. The van der Waals surface area contributed by atoms with E-state index < -0.39 is 11.4 Å². The van der Waals surface area contributed by atoms with E-state index in [1.54, 1.807) is 6.92 Å². The van der Waals surface area contributed by atoms with E-state index in [-0.39, 0.29) is 17.3 Å². The van der Waals surface area contributed by atoms with Gasteiger partial charge in [0.2, 0.25) is 0 Å². The number of aliphatic hydroxyl groups is 1. The van der Waals surface area contributed by atoms with Crippen LogP contribution in [-0.2, 0) is 5.54 Å². The Labute approximate surface area is 86.5 Å². The van der Waals surface area contributed by atoms with Crippen LogP contribution in [0.1, 0.15) is 12.5 Å². The molecule has 0 aliphatic carbocycles. The Morgan fingerprint density at radius 2 is 2.14 bits per heavy atom. The van der Waals surface area contributed by atoms with E-state index in [9.17, 15) is 4.39 Å². The lowest BCUT2D eigenvalue weighted by Gasteiger charge is -2.24. The van der Waals surface area contributed by atoms with Crippen molar-refractivity contribution in [1.82, 2.24) is 0 Å². The first-order chi connectivity index (χ1) is 6.38. The van der Waals surface area contributed by atoms with E-state index in [0.29, 0.717) is 5.56 Å². The van der Waals surface area contributed by atoms with Gasteiger partial charge in [0.1, 0.15) is 5.82 Å². The predicted octanol–water partition coefficient (Wildman–Crippen LogP) is 1.23. The quantitative estimate of drug-likeness (QED) is 0.654. The number of halogens is 2. The van der Waals surface area contributed by atoms with Crippen molar-refractivity contribution in [1.29, 1.82) is 0 Å². The fraction of sp³-hybridized carbons (Fsp3) is 0.333. The van der Waals surface area contributed by atoms with Gasteiger partial charge in [-0.25, -0.2) is 4.39 Å². The van der Waals surface area contributed by atoms with Crippen LogP contribution in [0, 0.1) is 5.82 Å². The summed E-state index contributed by atoms with van der Waals surface area (Å²) in [7, 11) is 0. The largest absolute Gasteiger partial charge is 0.396 e. The van der Waals surface area contributed by atoms with Gasteiger partial charge in [-0.05, 0) is 19.1 Å². The molecule has 0 heterocycles. The fourth-order valence-electron chi connectivity index (χ4n) is 1.14. The lowest BCUT2D eigenvalue weighted by molar-refractivity contribution is 0.210. The van der Waals surface area contributed by atoms with Crippen LogP contribution in [0.2, 0.25) is 5.02 Å². The second kappa shape index (κ2) is 3.73. The van der Waals surface area contributed by atoms with E-state index in [2.05, 4.69) is 0 Å². The van der Waals surface area contributed by atoms with E-state index in [4.69, 9.17) is 28.2 Å². The smallest absolute Gasteiger partial charge is 0.147 e. The summed E-state index contributed by atoms with van der Waals surface area (Å²) in [6.45, 7) is 1.21. The Morgan fingerprint density at radius 1 is 1.57 bits per heavy atom. The monoisotopic (exact) mass is 218 g/mol. The second-order valence-electron chi connectivity index (χ2n) is 3.42. The molecule has 1 rings (SSSR count). The zero-order valence-corrected chi connectivity index (χ0v) is 8.48. The predicted molar refractivity (Wildman–Crippen MR) is 54.4 cm³/mol. The summed E-state index contributed by atoms with van der Waals surface area (Å²) in [6.07, 6.45) is 0. The van der Waals surface area contributed by atoms with Gasteiger partial charge in [0.25, 0.3) is 0 Å². The van der Waals surface area contributed by atoms with Crippen LogP contribution < -0.4 is 11.5 Å². The van der Waals surface area contributed by atoms with Crippen LogP contribution >= 0.6 is 11.6 Å². The first-order valence-electron chi connectivity index (χ1n) is 4.03. The van der Waals surface area contributed by atoms with Crippen LogP contribution in [0.25, 0.3) is 0 Å². The molecule has 1 aromatic carbocycles. The highest BCUT2D eigenvalue weighted by Gasteiger charge is 2.24. The molecule has 78 valence electrons. The maximum atomic E-state index is 13.2. The number of rotatable bonds is 2. The van der Waals surface area contributed by atoms with Crippen LogP contribution in [-0.4, -0.2) is 11.7 Å². The molecular formula is C9H12ClFN2O. The van der Waals surface area contributed by atoms with Gasteiger partial charge in [0.15, 0.2) is 0 Å². The van der Waals surface area contributed by atoms with Crippen molar-refractivity contribution in [3.8, 4) is 0 Å². The Bertz CT molecular complexity index is 355. The number of hydrogen-bond donors (Lipinski definition) is 3. The summed E-state index contributed by atoms with van der Waals surface area (Å²) in [5.41, 5.74) is 10.4. The summed E-state index contributed by atoms with van der Waals surface area (Å²) < 4.78 is 13.2. The molecule has 1 aromatic rings. The van der Waals surface area contributed by atoms with Crippen molar-refractivity contribution in [3.05, 3.63) is 28.5 Å². The highest BCUT2D eigenvalue weighted by atomic mass is 35.5. The lowest BCUT2D eigenvalue weighted by Crippen LogP contribution is -2.37. The van der Waals surface area contributed by atoms with Gasteiger partial charge in [-0.15, -0.1) is 0 Å². The first-order valence-corrected chi connectivity index (χ1v) is 4.41. The average molecular weight is 219 g/mol.